The normalized spacial score (nSPS) is 12.2. The average molecular weight is 255 g/mol. The molecule has 0 aliphatic rings. The highest BCUT2D eigenvalue weighted by Gasteiger charge is 2.09. The van der Waals surface area contributed by atoms with Crippen molar-refractivity contribution < 1.29 is 19.3 Å². The van der Waals surface area contributed by atoms with Crippen molar-refractivity contribution in [2.45, 2.75) is 19.6 Å². The minimum Gasteiger partial charge on any atom is -0.497 e. The molecule has 0 aliphatic heterocycles. The minimum atomic E-state index is -0.651. The van der Waals surface area contributed by atoms with E-state index in [9.17, 15) is 5.11 Å². The molecule has 1 aromatic carbocycles. The molecule has 0 radical (unpaired) electrons. The zero-order chi connectivity index (χ0) is 13.4. The first-order valence-electron chi connectivity index (χ1n) is 5.96. The molecule has 1 atom stereocenters. The van der Waals surface area contributed by atoms with Gasteiger partial charge in [0.05, 0.1) is 13.7 Å². The zero-order valence-electron chi connectivity index (χ0n) is 10.9. The topological polar surface area (TPSA) is 73.9 Å². The third-order valence-electron chi connectivity index (χ3n) is 2.44. The summed E-state index contributed by atoms with van der Waals surface area (Å²) in [6, 6.07) is 5.43. The largest absolute Gasteiger partial charge is 0.497 e. The van der Waals surface area contributed by atoms with E-state index < -0.39 is 6.10 Å². The summed E-state index contributed by atoms with van der Waals surface area (Å²) >= 11 is 0. The molecule has 0 heterocycles. The van der Waals surface area contributed by atoms with E-state index in [4.69, 9.17) is 19.9 Å². The van der Waals surface area contributed by atoms with Crippen molar-refractivity contribution >= 4 is 0 Å². The van der Waals surface area contributed by atoms with Crippen LogP contribution in [0.1, 0.15) is 12.5 Å². The SMILES string of the molecule is CCOCC(O)COc1cc(OC)ccc1CN. The number of benzene rings is 1. The molecule has 0 amide bonds. The van der Waals surface area contributed by atoms with Gasteiger partial charge in [0.15, 0.2) is 0 Å². The molecule has 18 heavy (non-hydrogen) atoms. The van der Waals surface area contributed by atoms with Gasteiger partial charge in [-0.2, -0.15) is 0 Å². The number of hydrogen-bond donors (Lipinski definition) is 2. The molecule has 3 N–H and O–H groups in total. The van der Waals surface area contributed by atoms with Gasteiger partial charge in [-0.1, -0.05) is 6.07 Å². The van der Waals surface area contributed by atoms with E-state index in [1.54, 1.807) is 13.2 Å². The van der Waals surface area contributed by atoms with Crippen LogP contribution in [-0.4, -0.2) is 38.1 Å². The molecule has 0 bridgehead atoms. The Labute approximate surface area is 107 Å². The summed E-state index contributed by atoms with van der Waals surface area (Å²) in [6.07, 6.45) is -0.651. The predicted molar refractivity (Wildman–Crippen MR) is 68.9 cm³/mol. The Hall–Kier alpha value is -1.30. The fourth-order valence-corrected chi connectivity index (χ4v) is 1.45. The molecule has 0 aromatic heterocycles. The van der Waals surface area contributed by atoms with Gasteiger partial charge in [0.1, 0.15) is 24.2 Å². The maximum Gasteiger partial charge on any atom is 0.127 e. The van der Waals surface area contributed by atoms with Crippen molar-refractivity contribution in [1.82, 2.24) is 0 Å². The van der Waals surface area contributed by atoms with E-state index in [1.807, 2.05) is 19.1 Å². The van der Waals surface area contributed by atoms with Gasteiger partial charge < -0.3 is 25.1 Å². The molecule has 0 saturated heterocycles. The van der Waals surface area contributed by atoms with Crippen LogP contribution in [0.4, 0.5) is 0 Å². The lowest BCUT2D eigenvalue weighted by molar-refractivity contribution is 0.0162. The summed E-state index contributed by atoms with van der Waals surface area (Å²) in [7, 11) is 1.59. The summed E-state index contributed by atoms with van der Waals surface area (Å²) in [6.45, 7) is 3.26. The highest BCUT2D eigenvalue weighted by Crippen LogP contribution is 2.24. The molecular weight excluding hydrogens is 234 g/mol. The van der Waals surface area contributed by atoms with Crippen molar-refractivity contribution in [3.8, 4) is 11.5 Å². The summed E-state index contributed by atoms with van der Waals surface area (Å²) in [5.74, 6) is 1.33. The second kappa shape index (κ2) is 7.92. The number of nitrogens with two attached hydrogens (primary N) is 1. The molecule has 0 fully saturated rings. The van der Waals surface area contributed by atoms with Gasteiger partial charge in [-0.15, -0.1) is 0 Å². The number of hydrogen-bond acceptors (Lipinski definition) is 5. The first kappa shape index (κ1) is 14.8. The van der Waals surface area contributed by atoms with E-state index in [0.29, 0.717) is 24.7 Å². The molecule has 1 aromatic rings. The highest BCUT2D eigenvalue weighted by molar-refractivity contribution is 5.40. The Morgan fingerprint density at radius 3 is 2.72 bits per heavy atom. The first-order chi connectivity index (χ1) is 8.71. The minimum absolute atomic E-state index is 0.167. The van der Waals surface area contributed by atoms with Gasteiger partial charge >= 0.3 is 0 Å². The number of methoxy groups -OCH3 is 1. The molecular formula is C13H21NO4. The Kier molecular flexibility index (Phi) is 6.49. The van der Waals surface area contributed by atoms with Gasteiger partial charge in [0, 0.05) is 24.8 Å². The van der Waals surface area contributed by atoms with E-state index in [-0.39, 0.29) is 13.2 Å². The molecule has 1 rings (SSSR count). The van der Waals surface area contributed by atoms with Crippen LogP contribution in [0.2, 0.25) is 0 Å². The fourth-order valence-electron chi connectivity index (χ4n) is 1.45. The maximum absolute atomic E-state index is 9.62. The fraction of sp³-hybridized carbons (Fsp3) is 0.538. The molecule has 0 aliphatic carbocycles. The molecule has 1 unspecified atom stereocenters. The highest BCUT2D eigenvalue weighted by atomic mass is 16.5. The van der Waals surface area contributed by atoms with Crippen molar-refractivity contribution in [2.24, 2.45) is 5.73 Å². The summed E-state index contributed by atoms with van der Waals surface area (Å²) in [5.41, 5.74) is 6.50. The van der Waals surface area contributed by atoms with E-state index in [2.05, 4.69) is 0 Å². The van der Waals surface area contributed by atoms with Crippen molar-refractivity contribution in [1.29, 1.82) is 0 Å². The van der Waals surface area contributed by atoms with Crippen LogP contribution in [0, 0.1) is 0 Å². The van der Waals surface area contributed by atoms with Crippen LogP contribution in [0.25, 0.3) is 0 Å². The third kappa shape index (κ3) is 4.52. The van der Waals surface area contributed by atoms with Crippen LogP contribution >= 0.6 is 0 Å². The lowest BCUT2D eigenvalue weighted by Crippen LogP contribution is -2.23. The van der Waals surface area contributed by atoms with Crippen molar-refractivity contribution in [2.75, 3.05) is 26.9 Å². The van der Waals surface area contributed by atoms with Gasteiger partial charge in [-0.25, -0.2) is 0 Å². The van der Waals surface area contributed by atoms with E-state index in [0.717, 1.165) is 5.56 Å². The van der Waals surface area contributed by atoms with Crippen LogP contribution in [-0.2, 0) is 11.3 Å². The summed E-state index contributed by atoms with van der Waals surface area (Å²) in [5, 5.41) is 9.62. The molecule has 0 spiro atoms. The quantitative estimate of drug-likeness (QED) is 0.723. The Bertz CT molecular complexity index is 357. The number of rotatable bonds is 8. The van der Waals surface area contributed by atoms with E-state index >= 15 is 0 Å². The van der Waals surface area contributed by atoms with Gasteiger partial charge in [0.25, 0.3) is 0 Å². The third-order valence-corrected chi connectivity index (χ3v) is 2.44. The number of aliphatic hydroxyl groups is 1. The maximum atomic E-state index is 9.62. The van der Waals surface area contributed by atoms with E-state index in [1.165, 1.54) is 0 Å². The second-order valence-corrected chi connectivity index (χ2v) is 3.80. The summed E-state index contributed by atoms with van der Waals surface area (Å²) in [4.78, 5) is 0. The first-order valence-corrected chi connectivity index (χ1v) is 5.96. The van der Waals surface area contributed by atoms with Crippen LogP contribution < -0.4 is 15.2 Å². The van der Waals surface area contributed by atoms with Gasteiger partial charge in [0.2, 0.25) is 0 Å². The lowest BCUT2D eigenvalue weighted by Gasteiger charge is -2.15. The van der Waals surface area contributed by atoms with Gasteiger partial charge in [-0.05, 0) is 13.0 Å². The Morgan fingerprint density at radius 2 is 2.11 bits per heavy atom. The average Bonchev–Trinajstić information content (AvgIpc) is 2.42. The summed E-state index contributed by atoms with van der Waals surface area (Å²) < 4.78 is 15.8. The monoisotopic (exact) mass is 255 g/mol. The predicted octanol–water partition coefficient (Wildman–Crippen LogP) is 0.930. The molecule has 5 nitrogen and oxygen atoms in total. The number of aliphatic hydroxyl groups excluding tert-OH is 1. The van der Waals surface area contributed by atoms with Crippen LogP contribution in [0.5, 0.6) is 11.5 Å². The Balaban J connectivity index is 2.59. The van der Waals surface area contributed by atoms with Gasteiger partial charge in [-0.3, -0.25) is 0 Å². The molecule has 0 saturated carbocycles. The Morgan fingerprint density at radius 1 is 1.33 bits per heavy atom. The number of ether oxygens (including phenoxy) is 3. The smallest absolute Gasteiger partial charge is 0.127 e. The van der Waals surface area contributed by atoms with Crippen LogP contribution in [0.15, 0.2) is 18.2 Å². The lowest BCUT2D eigenvalue weighted by atomic mass is 10.2. The molecule has 102 valence electrons. The van der Waals surface area contributed by atoms with Crippen molar-refractivity contribution in [3.05, 3.63) is 23.8 Å². The van der Waals surface area contributed by atoms with Crippen LogP contribution in [0.3, 0.4) is 0 Å². The molecule has 5 heteroatoms. The zero-order valence-corrected chi connectivity index (χ0v) is 10.9. The van der Waals surface area contributed by atoms with Crippen molar-refractivity contribution in [3.63, 3.8) is 0 Å². The standard InChI is InChI=1S/C13H21NO4/c1-3-17-8-11(15)9-18-13-6-12(16-2)5-4-10(13)7-14/h4-6,11,15H,3,7-9,14H2,1-2H3. The second-order valence-electron chi connectivity index (χ2n) is 3.80.